The molecular formula is C9H17NO2. The molecule has 0 saturated carbocycles. The molecule has 70 valence electrons. The highest BCUT2D eigenvalue weighted by Crippen LogP contribution is 2.19. The summed E-state index contributed by atoms with van der Waals surface area (Å²) in [6.07, 6.45) is 1.18. The molecule has 1 fully saturated rings. The van der Waals surface area contributed by atoms with Crippen LogP contribution in [0, 0.1) is 0 Å². The van der Waals surface area contributed by atoms with Crippen molar-refractivity contribution in [2.75, 3.05) is 19.6 Å². The quantitative estimate of drug-likeness (QED) is 0.572. The summed E-state index contributed by atoms with van der Waals surface area (Å²) in [5.41, 5.74) is -0.110. The molecule has 0 aromatic heterocycles. The second kappa shape index (κ2) is 3.54. The fourth-order valence-corrected chi connectivity index (χ4v) is 1.83. The Morgan fingerprint density at radius 3 is 2.83 bits per heavy atom. The van der Waals surface area contributed by atoms with Crippen LogP contribution in [0.25, 0.3) is 0 Å². The van der Waals surface area contributed by atoms with E-state index >= 15 is 0 Å². The summed E-state index contributed by atoms with van der Waals surface area (Å²) in [7, 11) is 0. The Morgan fingerprint density at radius 1 is 1.67 bits per heavy atom. The predicted molar refractivity (Wildman–Crippen MR) is 47.1 cm³/mol. The zero-order valence-electron chi connectivity index (χ0n) is 8.04. The highest BCUT2D eigenvalue weighted by Gasteiger charge is 2.30. The van der Waals surface area contributed by atoms with Crippen molar-refractivity contribution < 1.29 is 9.53 Å². The largest absolute Gasteiger partial charge is 0.370 e. The van der Waals surface area contributed by atoms with Crippen LogP contribution in [0.1, 0.15) is 20.8 Å². The van der Waals surface area contributed by atoms with E-state index in [-0.39, 0.29) is 11.7 Å². The van der Waals surface area contributed by atoms with E-state index < -0.39 is 0 Å². The van der Waals surface area contributed by atoms with Gasteiger partial charge in [-0.1, -0.05) is 0 Å². The third kappa shape index (κ3) is 2.57. The van der Waals surface area contributed by atoms with Gasteiger partial charge in [0.15, 0.2) is 0 Å². The maximum absolute atomic E-state index is 10.3. The summed E-state index contributed by atoms with van der Waals surface area (Å²) in [6, 6.07) is 0. The number of hydrogen-bond donors (Lipinski definition) is 0. The normalized spacial score (nSPS) is 30.1. The number of aldehydes is 1. The highest BCUT2D eigenvalue weighted by atomic mass is 16.5. The van der Waals surface area contributed by atoms with Gasteiger partial charge in [0.25, 0.3) is 0 Å². The van der Waals surface area contributed by atoms with E-state index in [1.54, 1.807) is 0 Å². The maximum atomic E-state index is 10.3. The van der Waals surface area contributed by atoms with E-state index in [9.17, 15) is 4.79 Å². The Balaban J connectivity index is 2.51. The highest BCUT2D eigenvalue weighted by molar-refractivity contribution is 5.52. The third-order valence-electron chi connectivity index (χ3n) is 1.97. The molecule has 1 aliphatic heterocycles. The van der Waals surface area contributed by atoms with Gasteiger partial charge in [0.05, 0.1) is 18.2 Å². The molecule has 0 aliphatic carbocycles. The molecule has 0 amide bonds. The molecule has 12 heavy (non-hydrogen) atoms. The van der Waals surface area contributed by atoms with Crippen LogP contribution in [0.5, 0.6) is 0 Å². The monoisotopic (exact) mass is 171 g/mol. The summed E-state index contributed by atoms with van der Waals surface area (Å²) >= 11 is 0. The molecule has 1 aliphatic rings. The molecule has 0 aromatic rings. The first-order chi connectivity index (χ1) is 5.53. The minimum absolute atomic E-state index is 0.110. The average Bonchev–Trinajstić information content (AvgIpc) is 1.82. The van der Waals surface area contributed by atoms with Gasteiger partial charge in [0.2, 0.25) is 0 Å². The second-order valence-electron chi connectivity index (χ2n) is 4.05. The van der Waals surface area contributed by atoms with Crippen LogP contribution in [0.4, 0.5) is 0 Å². The third-order valence-corrected chi connectivity index (χ3v) is 1.97. The van der Waals surface area contributed by atoms with Crippen molar-refractivity contribution >= 4 is 6.29 Å². The van der Waals surface area contributed by atoms with Crippen LogP contribution in [-0.4, -0.2) is 42.5 Å². The predicted octanol–water partition coefficient (Wildman–Crippen LogP) is 0.685. The van der Waals surface area contributed by atoms with Gasteiger partial charge in [-0.15, -0.1) is 0 Å². The number of rotatable bonds is 2. The lowest BCUT2D eigenvalue weighted by Crippen LogP contribution is -2.52. The molecule has 0 N–H and O–H groups in total. The summed E-state index contributed by atoms with van der Waals surface area (Å²) in [5, 5.41) is 0. The number of carbonyl (C=O) groups excluding carboxylic acids is 1. The zero-order chi connectivity index (χ0) is 9.19. The van der Waals surface area contributed by atoms with Crippen molar-refractivity contribution in [1.82, 2.24) is 4.90 Å². The summed E-state index contributed by atoms with van der Waals surface area (Å²) in [4.78, 5) is 12.4. The van der Waals surface area contributed by atoms with Gasteiger partial charge < -0.3 is 9.53 Å². The van der Waals surface area contributed by atoms with E-state index in [2.05, 4.69) is 18.7 Å². The van der Waals surface area contributed by atoms with Gasteiger partial charge >= 0.3 is 0 Å². The van der Waals surface area contributed by atoms with Gasteiger partial charge in [-0.25, -0.2) is 0 Å². The second-order valence-corrected chi connectivity index (χ2v) is 4.05. The molecular weight excluding hydrogens is 154 g/mol. The first kappa shape index (κ1) is 9.68. The van der Waals surface area contributed by atoms with Crippen LogP contribution < -0.4 is 0 Å². The van der Waals surface area contributed by atoms with E-state index in [1.807, 2.05) is 6.92 Å². The van der Waals surface area contributed by atoms with E-state index in [0.717, 1.165) is 19.4 Å². The zero-order valence-corrected chi connectivity index (χ0v) is 8.04. The van der Waals surface area contributed by atoms with Crippen molar-refractivity contribution in [3.63, 3.8) is 0 Å². The van der Waals surface area contributed by atoms with Gasteiger partial charge in [-0.3, -0.25) is 4.90 Å². The van der Waals surface area contributed by atoms with Crippen LogP contribution in [0.3, 0.4) is 0 Å². The summed E-state index contributed by atoms with van der Waals surface area (Å²) < 4.78 is 5.69. The maximum Gasteiger partial charge on any atom is 0.133 e. The SMILES string of the molecule is CC1CN(CC=O)CC(C)(C)O1. The number of morpholine rings is 1. The van der Waals surface area contributed by atoms with Crippen LogP contribution >= 0.6 is 0 Å². The van der Waals surface area contributed by atoms with Gasteiger partial charge in [0.1, 0.15) is 6.29 Å². The smallest absolute Gasteiger partial charge is 0.133 e. The summed E-state index contributed by atoms with van der Waals surface area (Å²) in [6.45, 7) is 8.38. The standard InChI is InChI=1S/C9H17NO2/c1-8-6-10(4-5-11)7-9(2,3)12-8/h5,8H,4,6-7H2,1-3H3. The number of hydrogen-bond acceptors (Lipinski definition) is 3. The van der Waals surface area contributed by atoms with Crippen molar-refractivity contribution in [3.05, 3.63) is 0 Å². The molecule has 1 unspecified atom stereocenters. The lowest BCUT2D eigenvalue weighted by Gasteiger charge is -2.40. The molecule has 0 spiro atoms. The molecule has 1 saturated heterocycles. The lowest BCUT2D eigenvalue weighted by molar-refractivity contribution is -0.133. The van der Waals surface area contributed by atoms with E-state index in [0.29, 0.717) is 6.54 Å². The molecule has 0 aromatic carbocycles. The molecule has 0 bridgehead atoms. The minimum Gasteiger partial charge on any atom is -0.370 e. The molecule has 3 nitrogen and oxygen atoms in total. The molecule has 1 heterocycles. The van der Waals surface area contributed by atoms with E-state index in [1.165, 1.54) is 0 Å². The Morgan fingerprint density at radius 2 is 2.33 bits per heavy atom. The minimum atomic E-state index is -0.110. The van der Waals surface area contributed by atoms with Gasteiger partial charge in [0, 0.05) is 13.1 Å². The molecule has 0 radical (unpaired) electrons. The van der Waals surface area contributed by atoms with Crippen LogP contribution in [-0.2, 0) is 9.53 Å². The van der Waals surface area contributed by atoms with Crippen molar-refractivity contribution in [3.8, 4) is 0 Å². The Kier molecular flexibility index (Phi) is 2.85. The Labute approximate surface area is 73.7 Å². The number of nitrogens with zero attached hydrogens (tertiary/aromatic N) is 1. The summed E-state index contributed by atoms with van der Waals surface area (Å²) in [5.74, 6) is 0. The van der Waals surface area contributed by atoms with Crippen LogP contribution in [0.2, 0.25) is 0 Å². The van der Waals surface area contributed by atoms with Gasteiger partial charge in [-0.05, 0) is 20.8 Å². The first-order valence-electron chi connectivity index (χ1n) is 4.37. The Bertz CT molecular complexity index is 168. The first-order valence-corrected chi connectivity index (χ1v) is 4.37. The number of ether oxygens (including phenoxy) is 1. The molecule has 3 heteroatoms. The Hall–Kier alpha value is -0.410. The van der Waals surface area contributed by atoms with Crippen molar-refractivity contribution in [2.24, 2.45) is 0 Å². The average molecular weight is 171 g/mol. The van der Waals surface area contributed by atoms with Crippen LogP contribution in [0.15, 0.2) is 0 Å². The van der Waals surface area contributed by atoms with Gasteiger partial charge in [-0.2, -0.15) is 0 Å². The lowest BCUT2D eigenvalue weighted by atomic mass is 10.1. The number of carbonyl (C=O) groups is 1. The van der Waals surface area contributed by atoms with Crippen molar-refractivity contribution in [1.29, 1.82) is 0 Å². The fourth-order valence-electron chi connectivity index (χ4n) is 1.83. The molecule has 1 atom stereocenters. The van der Waals surface area contributed by atoms with Crippen molar-refractivity contribution in [2.45, 2.75) is 32.5 Å². The van der Waals surface area contributed by atoms with E-state index in [4.69, 9.17) is 4.74 Å². The topological polar surface area (TPSA) is 29.5 Å². The molecule has 1 rings (SSSR count). The fraction of sp³-hybridized carbons (Fsp3) is 0.889.